The van der Waals surface area contributed by atoms with E-state index in [9.17, 15) is 4.79 Å². The summed E-state index contributed by atoms with van der Waals surface area (Å²) in [5.41, 5.74) is 5.14. The van der Waals surface area contributed by atoms with Crippen LogP contribution >= 0.6 is 11.8 Å². The maximum Gasteiger partial charge on any atom is 0.240 e. The zero-order chi connectivity index (χ0) is 20.2. The maximum atomic E-state index is 13.3. The topological polar surface area (TPSA) is 81.1 Å². The summed E-state index contributed by atoms with van der Waals surface area (Å²) in [6.07, 6.45) is 1.79. The van der Waals surface area contributed by atoms with Crippen LogP contribution in [-0.2, 0) is 11.2 Å². The lowest BCUT2D eigenvalue weighted by Gasteiger charge is -2.33. The van der Waals surface area contributed by atoms with E-state index in [1.165, 1.54) is 11.8 Å². The van der Waals surface area contributed by atoms with E-state index in [-0.39, 0.29) is 11.9 Å². The summed E-state index contributed by atoms with van der Waals surface area (Å²) in [5.74, 6) is 1.38. The van der Waals surface area contributed by atoms with Crippen LogP contribution in [0.25, 0.3) is 0 Å². The van der Waals surface area contributed by atoms with Gasteiger partial charge < -0.3 is 15.5 Å². The number of carbonyl (C=O) groups excluding carboxylic acids is 1. The monoisotopic (exact) mass is 409 g/mol. The number of anilines is 1. The molecule has 1 aromatic heterocycles. The van der Waals surface area contributed by atoms with Gasteiger partial charge in [0.25, 0.3) is 0 Å². The van der Waals surface area contributed by atoms with Crippen LogP contribution in [0.2, 0.25) is 0 Å². The number of methoxy groups -OCH3 is 1. The third kappa shape index (κ3) is 3.93. The van der Waals surface area contributed by atoms with Crippen LogP contribution in [0, 0.1) is 0 Å². The van der Waals surface area contributed by atoms with Crippen LogP contribution in [0.5, 0.6) is 5.75 Å². The van der Waals surface area contributed by atoms with Crippen molar-refractivity contribution in [3.05, 3.63) is 66.0 Å². The standard InChI is InChI=1S/C21H23N5O2S/c1-3-9-17-23-24-21-26(17)25-18(14-10-5-4-6-11-14)19(29-21)20(27)22-15-12-7-8-13-16(15)28-2/h4-8,10-13,18-19,25H,3,9H2,1-2H3,(H,22,27). The summed E-state index contributed by atoms with van der Waals surface area (Å²) in [7, 11) is 1.59. The SMILES string of the molecule is CCCc1nnc2n1NC(c1ccccc1)C(C(=O)Nc1ccccc1OC)S2. The van der Waals surface area contributed by atoms with Gasteiger partial charge in [0.05, 0.1) is 18.8 Å². The van der Waals surface area contributed by atoms with Gasteiger partial charge >= 0.3 is 0 Å². The number of thioether (sulfide) groups is 1. The lowest BCUT2D eigenvalue weighted by atomic mass is 10.0. The number of hydrogen-bond donors (Lipinski definition) is 2. The number of hydrogen-bond acceptors (Lipinski definition) is 6. The predicted molar refractivity (Wildman–Crippen MR) is 114 cm³/mol. The molecule has 2 aromatic carbocycles. The number of ether oxygens (including phenoxy) is 1. The van der Waals surface area contributed by atoms with Crippen molar-refractivity contribution >= 4 is 23.4 Å². The molecule has 8 heteroatoms. The number of aryl methyl sites for hydroxylation is 1. The number of benzene rings is 2. The molecule has 2 unspecified atom stereocenters. The van der Waals surface area contributed by atoms with Gasteiger partial charge in [0.1, 0.15) is 11.0 Å². The van der Waals surface area contributed by atoms with Crippen LogP contribution in [-0.4, -0.2) is 33.1 Å². The van der Waals surface area contributed by atoms with Gasteiger partial charge in [0.2, 0.25) is 11.1 Å². The fourth-order valence-electron chi connectivity index (χ4n) is 3.35. The van der Waals surface area contributed by atoms with Gasteiger partial charge in [0, 0.05) is 6.42 Å². The molecule has 3 aromatic rings. The minimum Gasteiger partial charge on any atom is -0.495 e. The molecular formula is C21H23N5O2S. The van der Waals surface area contributed by atoms with Crippen molar-refractivity contribution in [3.63, 3.8) is 0 Å². The summed E-state index contributed by atoms with van der Waals surface area (Å²) in [6.45, 7) is 2.11. The van der Waals surface area contributed by atoms with Crippen LogP contribution in [0.4, 0.5) is 5.69 Å². The zero-order valence-corrected chi connectivity index (χ0v) is 17.1. The van der Waals surface area contributed by atoms with E-state index in [0.29, 0.717) is 16.6 Å². The Hall–Kier alpha value is -3.00. The van der Waals surface area contributed by atoms with Gasteiger partial charge in [-0.2, -0.15) is 0 Å². The first-order chi connectivity index (χ1) is 14.2. The third-order valence-corrected chi connectivity index (χ3v) is 5.97. The highest BCUT2D eigenvalue weighted by atomic mass is 32.2. The van der Waals surface area contributed by atoms with E-state index in [0.717, 1.165) is 24.2 Å². The number of aromatic nitrogens is 3. The molecule has 2 atom stereocenters. The number of nitrogens with one attached hydrogen (secondary N) is 2. The molecule has 0 fully saturated rings. The molecule has 2 heterocycles. The molecule has 1 aliphatic rings. The van der Waals surface area contributed by atoms with Gasteiger partial charge in [-0.25, -0.2) is 4.68 Å². The Bertz CT molecular complexity index is 992. The average Bonchev–Trinajstić information content (AvgIpc) is 3.16. The third-order valence-electron chi connectivity index (χ3n) is 4.76. The quantitative estimate of drug-likeness (QED) is 0.647. The molecule has 7 nitrogen and oxygen atoms in total. The number of amides is 1. The molecule has 150 valence electrons. The molecule has 0 bridgehead atoms. The highest BCUT2D eigenvalue weighted by Gasteiger charge is 2.37. The second-order valence-corrected chi connectivity index (χ2v) is 7.84. The summed E-state index contributed by atoms with van der Waals surface area (Å²) in [5, 5.41) is 11.9. The number of rotatable bonds is 6. The van der Waals surface area contributed by atoms with E-state index in [2.05, 4.69) is 27.9 Å². The minimum atomic E-state index is -0.423. The van der Waals surface area contributed by atoms with Crippen molar-refractivity contribution in [2.75, 3.05) is 17.9 Å². The normalized spacial score (nSPS) is 17.9. The van der Waals surface area contributed by atoms with Crippen molar-refractivity contribution in [1.29, 1.82) is 0 Å². The Balaban J connectivity index is 1.66. The zero-order valence-electron chi connectivity index (χ0n) is 16.3. The Kier molecular flexibility index (Phi) is 5.71. The van der Waals surface area contributed by atoms with E-state index in [1.807, 2.05) is 59.3 Å². The average molecular weight is 410 g/mol. The van der Waals surface area contributed by atoms with Crippen molar-refractivity contribution in [2.45, 2.75) is 36.2 Å². The molecule has 0 saturated carbocycles. The van der Waals surface area contributed by atoms with E-state index < -0.39 is 5.25 Å². The lowest BCUT2D eigenvalue weighted by Crippen LogP contribution is -2.41. The van der Waals surface area contributed by atoms with Crippen molar-refractivity contribution in [1.82, 2.24) is 14.9 Å². The van der Waals surface area contributed by atoms with Crippen molar-refractivity contribution in [3.8, 4) is 5.75 Å². The number of nitrogens with zero attached hydrogens (tertiary/aromatic N) is 3. The molecule has 29 heavy (non-hydrogen) atoms. The van der Waals surface area contributed by atoms with E-state index >= 15 is 0 Å². The second-order valence-electron chi connectivity index (χ2n) is 6.73. The number of fused-ring (bicyclic) bond motifs is 1. The van der Waals surface area contributed by atoms with E-state index in [4.69, 9.17) is 4.74 Å². The molecule has 2 N–H and O–H groups in total. The Morgan fingerprint density at radius 2 is 1.93 bits per heavy atom. The van der Waals surface area contributed by atoms with Gasteiger partial charge in [-0.15, -0.1) is 10.2 Å². The molecule has 0 aliphatic carbocycles. The Morgan fingerprint density at radius 3 is 2.69 bits per heavy atom. The highest BCUT2D eigenvalue weighted by molar-refractivity contribution is 8.00. The lowest BCUT2D eigenvalue weighted by molar-refractivity contribution is -0.116. The summed E-state index contributed by atoms with van der Waals surface area (Å²) in [6, 6.07) is 17.1. The smallest absolute Gasteiger partial charge is 0.240 e. The molecule has 0 saturated heterocycles. The molecule has 0 spiro atoms. The first kappa shape index (κ1) is 19.3. The summed E-state index contributed by atoms with van der Waals surface area (Å²) >= 11 is 1.42. The number of para-hydroxylation sites is 2. The van der Waals surface area contributed by atoms with Crippen LogP contribution in [0.1, 0.15) is 30.8 Å². The molecular weight excluding hydrogens is 386 g/mol. The van der Waals surface area contributed by atoms with Crippen molar-refractivity contribution in [2.24, 2.45) is 0 Å². The van der Waals surface area contributed by atoms with Crippen molar-refractivity contribution < 1.29 is 9.53 Å². The largest absolute Gasteiger partial charge is 0.495 e. The fraction of sp³-hybridized carbons (Fsp3) is 0.286. The first-order valence-corrected chi connectivity index (χ1v) is 10.5. The number of carbonyl (C=O) groups is 1. The van der Waals surface area contributed by atoms with Gasteiger partial charge in [-0.1, -0.05) is 61.2 Å². The van der Waals surface area contributed by atoms with Gasteiger partial charge in [-0.05, 0) is 24.1 Å². The molecule has 1 amide bonds. The molecule has 4 rings (SSSR count). The molecule has 1 aliphatic heterocycles. The van der Waals surface area contributed by atoms with Crippen LogP contribution in [0.15, 0.2) is 59.8 Å². The fourth-order valence-corrected chi connectivity index (χ4v) is 4.45. The van der Waals surface area contributed by atoms with Crippen LogP contribution in [0.3, 0.4) is 0 Å². The van der Waals surface area contributed by atoms with Crippen LogP contribution < -0.4 is 15.5 Å². The predicted octanol–water partition coefficient (Wildman–Crippen LogP) is 3.64. The first-order valence-electron chi connectivity index (χ1n) is 9.57. The maximum absolute atomic E-state index is 13.3. The van der Waals surface area contributed by atoms with E-state index in [1.54, 1.807) is 7.11 Å². The summed E-state index contributed by atoms with van der Waals surface area (Å²) in [4.78, 5) is 13.3. The van der Waals surface area contributed by atoms with Gasteiger partial charge in [0.15, 0.2) is 5.82 Å². The second kappa shape index (κ2) is 8.57. The Labute approximate surface area is 173 Å². The highest BCUT2D eigenvalue weighted by Crippen LogP contribution is 2.38. The Morgan fingerprint density at radius 1 is 1.17 bits per heavy atom. The van der Waals surface area contributed by atoms with Gasteiger partial charge in [-0.3, -0.25) is 4.79 Å². The summed E-state index contributed by atoms with van der Waals surface area (Å²) < 4.78 is 7.28. The minimum absolute atomic E-state index is 0.118. The molecule has 0 radical (unpaired) electrons.